The second kappa shape index (κ2) is 7.97. The van der Waals surface area contributed by atoms with Gasteiger partial charge in [0.15, 0.2) is 0 Å². The van der Waals surface area contributed by atoms with Gasteiger partial charge in [-0.15, -0.1) is 0 Å². The van der Waals surface area contributed by atoms with Gasteiger partial charge in [0.05, 0.1) is 7.11 Å². The summed E-state index contributed by atoms with van der Waals surface area (Å²) in [5.41, 5.74) is 2.68. The number of carbonyl (C=O) groups is 2. The molecule has 0 bridgehead atoms. The number of hydrogen-bond donors (Lipinski definition) is 2. The molecule has 0 aliphatic carbocycles. The zero-order chi connectivity index (χ0) is 17.5. The van der Waals surface area contributed by atoms with Gasteiger partial charge in [0.2, 0.25) is 5.91 Å². The molecule has 0 aliphatic rings. The predicted molar refractivity (Wildman–Crippen MR) is 94.6 cm³/mol. The van der Waals surface area contributed by atoms with Gasteiger partial charge in [0, 0.05) is 12.6 Å². The molecule has 2 aromatic carbocycles. The van der Waals surface area contributed by atoms with E-state index < -0.39 is 5.91 Å². The molecule has 2 aromatic rings. The number of nitrogens with one attached hydrogen (secondary N) is 2. The zero-order valence-electron chi connectivity index (χ0n) is 13.9. The largest absolute Gasteiger partial charge is 0.497 e. The Balaban J connectivity index is 2.24. The molecule has 0 unspecified atom stereocenters. The van der Waals surface area contributed by atoms with Gasteiger partial charge < -0.3 is 15.4 Å². The minimum absolute atomic E-state index is 0.188. The molecule has 124 valence electrons. The van der Waals surface area contributed by atoms with Crippen molar-refractivity contribution in [3.05, 3.63) is 65.4 Å². The molecule has 0 heterocycles. The van der Waals surface area contributed by atoms with Crippen molar-refractivity contribution < 1.29 is 14.3 Å². The standard InChI is InChI=1S/C19H20N2O3/c1-13-6-4-5-7-15(13)12-18(20-14(2)22)19(23)21-16-8-10-17(24-3)11-9-16/h4-12H,1-3H3,(H,20,22)(H,21,23)/b18-12-. The van der Waals surface area contributed by atoms with Crippen LogP contribution in [0, 0.1) is 6.92 Å². The van der Waals surface area contributed by atoms with Crippen molar-refractivity contribution >= 4 is 23.6 Å². The molecule has 5 nitrogen and oxygen atoms in total. The van der Waals surface area contributed by atoms with Crippen LogP contribution in [0.15, 0.2) is 54.2 Å². The minimum Gasteiger partial charge on any atom is -0.497 e. The van der Waals surface area contributed by atoms with E-state index >= 15 is 0 Å². The van der Waals surface area contributed by atoms with Crippen LogP contribution >= 0.6 is 0 Å². The molecule has 0 saturated carbocycles. The number of rotatable bonds is 5. The molecule has 5 heteroatoms. The van der Waals surface area contributed by atoms with Crippen molar-refractivity contribution in [2.24, 2.45) is 0 Å². The normalized spacial score (nSPS) is 10.9. The van der Waals surface area contributed by atoms with Gasteiger partial charge in [-0.3, -0.25) is 9.59 Å². The monoisotopic (exact) mass is 324 g/mol. The highest BCUT2D eigenvalue weighted by Crippen LogP contribution is 2.16. The summed E-state index contributed by atoms with van der Waals surface area (Å²) in [6.45, 7) is 3.31. The molecule has 2 rings (SSSR count). The topological polar surface area (TPSA) is 67.4 Å². The third kappa shape index (κ3) is 4.71. The van der Waals surface area contributed by atoms with Crippen molar-refractivity contribution in [3.8, 4) is 5.75 Å². The molecular formula is C19H20N2O3. The summed E-state index contributed by atoms with van der Waals surface area (Å²) in [5, 5.41) is 5.34. The number of hydrogen-bond acceptors (Lipinski definition) is 3. The van der Waals surface area contributed by atoms with Crippen molar-refractivity contribution in [2.75, 3.05) is 12.4 Å². The first-order chi connectivity index (χ1) is 11.5. The zero-order valence-corrected chi connectivity index (χ0v) is 13.9. The number of carbonyl (C=O) groups excluding carboxylic acids is 2. The quantitative estimate of drug-likeness (QED) is 0.830. The summed E-state index contributed by atoms with van der Waals surface area (Å²) in [6, 6.07) is 14.6. The molecule has 0 spiro atoms. The van der Waals surface area contributed by atoms with Crippen LogP contribution in [0.2, 0.25) is 0 Å². The average Bonchev–Trinajstić information content (AvgIpc) is 2.56. The first kappa shape index (κ1) is 17.3. The number of amides is 2. The lowest BCUT2D eigenvalue weighted by Crippen LogP contribution is -2.29. The van der Waals surface area contributed by atoms with Gasteiger partial charge in [-0.05, 0) is 48.4 Å². The SMILES string of the molecule is COc1ccc(NC(=O)/C(=C/c2ccccc2C)NC(C)=O)cc1. The molecule has 0 saturated heterocycles. The average molecular weight is 324 g/mol. The number of aryl methyl sites for hydroxylation is 1. The summed E-state index contributed by atoms with van der Waals surface area (Å²) in [5.74, 6) is 0.00358. The van der Waals surface area contributed by atoms with Gasteiger partial charge in [0.25, 0.3) is 5.91 Å². The second-order valence-electron chi connectivity index (χ2n) is 5.28. The van der Waals surface area contributed by atoms with Crippen LogP contribution in [0.5, 0.6) is 5.75 Å². The van der Waals surface area contributed by atoms with Gasteiger partial charge in [-0.1, -0.05) is 24.3 Å². The summed E-state index contributed by atoms with van der Waals surface area (Å²) in [4.78, 5) is 23.9. The number of ether oxygens (including phenoxy) is 1. The van der Waals surface area contributed by atoms with Gasteiger partial charge >= 0.3 is 0 Å². The third-order valence-electron chi connectivity index (χ3n) is 3.39. The molecule has 0 fully saturated rings. The first-order valence-corrected chi connectivity index (χ1v) is 7.50. The number of benzene rings is 2. The highest BCUT2D eigenvalue weighted by Gasteiger charge is 2.12. The lowest BCUT2D eigenvalue weighted by atomic mass is 10.1. The summed E-state index contributed by atoms with van der Waals surface area (Å²) in [6.07, 6.45) is 1.66. The molecular weight excluding hydrogens is 304 g/mol. The Kier molecular flexibility index (Phi) is 5.73. The Morgan fingerprint density at radius 2 is 1.71 bits per heavy atom. The molecule has 24 heavy (non-hydrogen) atoms. The lowest BCUT2D eigenvalue weighted by molar-refractivity contribution is -0.120. The van der Waals surface area contributed by atoms with E-state index in [1.165, 1.54) is 6.92 Å². The van der Waals surface area contributed by atoms with Crippen LogP contribution in [-0.2, 0) is 9.59 Å². The maximum absolute atomic E-state index is 12.5. The van der Waals surface area contributed by atoms with Crippen molar-refractivity contribution in [1.29, 1.82) is 0 Å². The second-order valence-corrected chi connectivity index (χ2v) is 5.28. The highest BCUT2D eigenvalue weighted by molar-refractivity contribution is 6.08. The van der Waals surface area contributed by atoms with Crippen LogP contribution in [0.3, 0.4) is 0 Å². The first-order valence-electron chi connectivity index (χ1n) is 7.50. The smallest absolute Gasteiger partial charge is 0.272 e. The fourth-order valence-electron chi connectivity index (χ4n) is 2.13. The lowest BCUT2D eigenvalue weighted by Gasteiger charge is -2.11. The van der Waals surface area contributed by atoms with E-state index in [2.05, 4.69) is 10.6 Å². The summed E-state index contributed by atoms with van der Waals surface area (Å²) < 4.78 is 5.09. The van der Waals surface area contributed by atoms with Crippen LogP contribution < -0.4 is 15.4 Å². The predicted octanol–water partition coefficient (Wildman–Crippen LogP) is 3.12. The Bertz CT molecular complexity index is 764. The maximum Gasteiger partial charge on any atom is 0.272 e. The van der Waals surface area contributed by atoms with Gasteiger partial charge in [-0.25, -0.2) is 0 Å². The minimum atomic E-state index is -0.390. The van der Waals surface area contributed by atoms with Crippen molar-refractivity contribution in [1.82, 2.24) is 5.32 Å². The Morgan fingerprint density at radius 3 is 2.29 bits per heavy atom. The van der Waals surface area contributed by atoms with E-state index in [4.69, 9.17) is 4.74 Å². The van der Waals surface area contributed by atoms with E-state index in [-0.39, 0.29) is 11.6 Å². The Hall–Kier alpha value is -3.08. The van der Waals surface area contributed by atoms with Gasteiger partial charge in [-0.2, -0.15) is 0 Å². The Labute approximate surface area is 141 Å². The molecule has 0 aromatic heterocycles. The van der Waals surface area contributed by atoms with Crippen LogP contribution in [0.25, 0.3) is 6.08 Å². The Morgan fingerprint density at radius 1 is 1.04 bits per heavy atom. The number of anilines is 1. The van der Waals surface area contributed by atoms with E-state index in [0.29, 0.717) is 11.4 Å². The fourth-order valence-corrected chi connectivity index (χ4v) is 2.13. The van der Waals surface area contributed by atoms with Crippen molar-refractivity contribution in [3.63, 3.8) is 0 Å². The summed E-state index contributed by atoms with van der Waals surface area (Å²) >= 11 is 0. The van der Waals surface area contributed by atoms with Gasteiger partial charge in [0.1, 0.15) is 11.4 Å². The molecule has 0 aliphatic heterocycles. The van der Waals surface area contributed by atoms with E-state index in [1.54, 1.807) is 37.5 Å². The molecule has 2 amide bonds. The van der Waals surface area contributed by atoms with Crippen LogP contribution in [-0.4, -0.2) is 18.9 Å². The molecule has 2 N–H and O–H groups in total. The highest BCUT2D eigenvalue weighted by atomic mass is 16.5. The van der Waals surface area contributed by atoms with Crippen LogP contribution in [0.4, 0.5) is 5.69 Å². The van der Waals surface area contributed by atoms with E-state index in [9.17, 15) is 9.59 Å². The third-order valence-corrected chi connectivity index (χ3v) is 3.39. The van der Waals surface area contributed by atoms with E-state index in [1.807, 2.05) is 31.2 Å². The van der Waals surface area contributed by atoms with E-state index in [0.717, 1.165) is 11.1 Å². The number of methoxy groups -OCH3 is 1. The van der Waals surface area contributed by atoms with Crippen molar-refractivity contribution in [2.45, 2.75) is 13.8 Å². The molecule has 0 radical (unpaired) electrons. The fraction of sp³-hybridized carbons (Fsp3) is 0.158. The summed E-state index contributed by atoms with van der Waals surface area (Å²) in [7, 11) is 1.58. The van der Waals surface area contributed by atoms with Crippen LogP contribution in [0.1, 0.15) is 18.1 Å². The maximum atomic E-state index is 12.5. The molecule has 0 atom stereocenters.